The van der Waals surface area contributed by atoms with Crippen LogP contribution in [-0.4, -0.2) is 23.0 Å². The summed E-state index contributed by atoms with van der Waals surface area (Å²) in [4.78, 5) is 13.8. The van der Waals surface area contributed by atoms with Gasteiger partial charge in [0.25, 0.3) is 5.91 Å². The normalized spacial score (nSPS) is 10.3. The predicted molar refractivity (Wildman–Crippen MR) is 75.0 cm³/mol. The van der Waals surface area contributed by atoms with E-state index in [1.54, 1.807) is 38.2 Å². The highest BCUT2D eigenvalue weighted by Crippen LogP contribution is 2.18. The minimum Gasteiger partial charge on any atom is -0.508 e. The van der Waals surface area contributed by atoms with Crippen molar-refractivity contribution in [3.05, 3.63) is 65.0 Å². The van der Waals surface area contributed by atoms with Gasteiger partial charge >= 0.3 is 0 Å². The molecule has 1 N–H and O–H groups in total. The van der Waals surface area contributed by atoms with Crippen molar-refractivity contribution < 1.29 is 14.3 Å². The van der Waals surface area contributed by atoms with Crippen LogP contribution in [0.4, 0.5) is 4.39 Å². The molecular formula is C16H16FNO2. The molecule has 0 bridgehead atoms. The Balaban J connectivity index is 2.14. The van der Waals surface area contributed by atoms with E-state index in [-0.39, 0.29) is 17.5 Å². The van der Waals surface area contributed by atoms with Crippen LogP contribution in [0, 0.1) is 12.7 Å². The monoisotopic (exact) mass is 273 g/mol. The summed E-state index contributed by atoms with van der Waals surface area (Å²) in [6.07, 6.45) is 0. The Kier molecular flexibility index (Phi) is 4.03. The topological polar surface area (TPSA) is 40.5 Å². The second-order valence-corrected chi connectivity index (χ2v) is 4.79. The van der Waals surface area contributed by atoms with Crippen LogP contribution < -0.4 is 0 Å². The van der Waals surface area contributed by atoms with E-state index in [2.05, 4.69) is 0 Å². The molecule has 0 aliphatic heterocycles. The van der Waals surface area contributed by atoms with Crippen molar-refractivity contribution in [1.82, 2.24) is 4.90 Å². The molecule has 20 heavy (non-hydrogen) atoms. The number of benzene rings is 2. The van der Waals surface area contributed by atoms with Gasteiger partial charge in [-0.3, -0.25) is 4.79 Å². The number of phenolic OH excluding ortho intramolecular Hbond substituents is 1. The van der Waals surface area contributed by atoms with Crippen LogP contribution in [0.5, 0.6) is 5.75 Å². The Hall–Kier alpha value is -2.36. The minimum absolute atomic E-state index is 0.161. The molecule has 0 aliphatic rings. The number of nitrogens with zero attached hydrogens (tertiary/aromatic N) is 1. The lowest BCUT2D eigenvalue weighted by Gasteiger charge is -2.17. The Bertz CT molecular complexity index is 640. The minimum atomic E-state index is -0.316. The Labute approximate surface area is 117 Å². The predicted octanol–water partition coefficient (Wildman–Crippen LogP) is 3.11. The molecule has 0 aliphatic carbocycles. The summed E-state index contributed by atoms with van der Waals surface area (Å²) >= 11 is 0. The fourth-order valence-corrected chi connectivity index (χ4v) is 1.99. The van der Waals surface area contributed by atoms with Gasteiger partial charge in [0.2, 0.25) is 0 Å². The van der Waals surface area contributed by atoms with E-state index in [0.717, 1.165) is 5.56 Å². The lowest BCUT2D eigenvalue weighted by molar-refractivity contribution is 0.0785. The maximum absolute atomic E-state index is 13.1. The van der Waals surface area contributed by atoms with Gasteiger partial charge in [0.05, 0.1) is 0 Å². The van der Waals surface area contributed by atoms with Crippen LogP contribution in [0.15, 0.2) is 42.5 Å². The number of carbonyl (C=O) groups is 1. The van der Waals surface area contributed by atoms with Crippen LogP contribution in [0.1, 0.15) is 21.5 Å². The highest BCUT2D eigenvalue weighted by molar-refractivity contribution is 5.94. The Morgan fingerprint density at radius 2 is 2.00 bits per heavy atom. The third-order valence-electron chi connectivity index (χ3n) is 3.10. The van der Waals surface area contributed by atoms with Crippen LogP contribution >= 0.6 is 0 Å². The molecule has 2 aromatic rings. The van der Waals surface area contributed by atoms with Crippen LogP contribution in [0.3, 0.4) is 0 Å². The van der Waals surface area contributed by atoms with Crippen molar-refractivity contribution in [3.8, 4) is 5.75 Å². The number of amides is 1. The molecule has 0 aromatic heterocycles. The molecule has 0 saturated heterocycles. The molecule has 3 nitrogen and oxygen atoms in total. The summed E-state index contributed by atoms with van der Waals surface area (Å²) in [5.41, 5.74) is 1.88. The van der Waals surface area contributed by atoms with Gasteiger partial charge in [0, 0.05) is 19.2 Å². The standard InChI is InChI=1S/C16H16FNO2/c1-11-8-13(6-7-15(11)19)16(20)18(2)10-12-4-3-5-14(17)9-12/h3-9,19H,10H2,1-2H3. The number of phenols is 1. The Morgan fingerprint density at radius 1 is 1.25 bits per heavy atom. The summed E-state index contributed by atoms with van der Waals surface area (Å²) in [6, 6.07) is 10.9. The van der Waals surface area contributed by atoms with E-state index >= 15 is 0 Å². The van der Waals surface area contributed by atoms with Crippen molar-refractivity contribution in [2.45, 2.75) is 13.5 Å². The maximum atomic E-state index is 13.1. The Morgan fingerprint density at radius 3 is 2.65 bits per heavy atom. The lowest BCUT2D eigenvalue weighted by atomic mass is 10.1. The van der Waals surface area contributed by atoms with E-state index < -0.39 is 0 Å². The molecule has 1 amide bonds. The molecule has 2 aromatic carbocycles. The SMILES string of the molecule is Cc1cc(C(=O)N(C)Cc2cccc(F)c2)ccc1O. The number of hydrogen-bond acceptors (Lipinski definition) is 2. The van der Waals surface area contributed by atoms with Gasteiger partial charge in [-0.25, -0.2) is 4.39 Å². The molecule has 0 heterocycles. The van der Waals surface area contributed by atoms with E-state index in [1.807, 2.05) is 0 Å². The number of carbonyl (C=O) groups excluding carboxylic acids is 1. The van der Waals surface area contributed by atoms with E-state index in [1.165, 1.54) is 23.1 Å². The number of aryl methyl sites for hydroxylation is 1. The smallest absolute Gasteiger partial charge is 0.253 e. The summed E-state index contributed by atoms with van der Waals surface area (Å²) in [7, 11) is 1.66. The van der Waals surface area contributed by atoms with E-state index in [0.29, 0.717) is 17.7 Å². The summed E-state index contributed by atoms with van der Waals surface area (Å²) in [6.45, 7) is 2.06. The second kappa shape index (κ2) is 5.74. The molecular weight excluding hydrogens is 257 g/mol. The molecule has 4 heteroatoms. The first-order chi connectivity index (χ1) is 9.47. The van der Waals surface area contributed by atoms with Gasteiger partial charge in [-0.05, 0) is 48.4 Å². The number of aromatic hydroxyl groups is 1. The molecule has 0 radical (unpaired) electrons. The number of rotatable bonds is 3. The molecule has 0 spiro atoms. The average molecular weight is 273 g/mol. The van der Waals surface area contributed by atoms with E-state index in [4.69, 9.17) is 0 Å². The van der Waals surface area contributed by atoms with Gasteiger partial charge in [-0.2, -0.15) is 0 Å². The molecule has 0 atom stereocenters. The van der Waals surface area contributed by atoms with Gasteiger partial charge in [-0.1, -0.05) is 12.1 Å². The highest BCUT2D eigenvalue weighted by atomic mass is 19.1. The third-order valence-corrected chi connectivity index (χ3v) is 3.10. The highest BCUT2D eigenvalue weighted by Gasteiger charge is 2.13. The zero-order valence-electron chi connectivity index (χ0n) is 11.4. The van der Waals surface area contributed by atoms with Crippen molar-refractivity contribution in [1.29, 1.82) is 0 Å². The maximum Gasteiger partial charge on any atom is 0.253 e. The largest absolute Gasteiger partial charge is 0.508 e. The fourth-order valence-electron chi connectivity index (χ4n) is 1.99. The van der Waals surface area contributed by atoms with Crippen LogP contribution in [0.25, 0.3) is 0 Å². The molecule has 2 rings (SSSR count). The summed E-state index contributed by atoms with van der Waals surface area (Å²) < 4.78 is 13.1. The lowest BCUT2D eigenvalue weighted by Crippen LogP contribution is -2.26. The summed E-state index contributed by atoms with van der Waals surface area (Å²) in [5.74, 6) is -0.324. The third kappa shape index (κ3) is 3.15. The number of halogens is 1. The average Bonchev–Trinajstić information content (AvgIpc) is 2.41. The van der Waals surface area contributed by atoms with Crippen LogP contribution in [-0.2, 0) is 6.54 Å². The zero-order valence-corrected chi connectivity index (χ0v) is 11.4. The fraction of sp³-hybridized carbons (Fsp3) is 0.188. The van der Waals surface area contributed by atoms with E-state index in [9.17, 15) is 14.3 Å². The molecule has 0 unspecified atom stereocenters. The first-order valence-corrected chi connectivity index (χ1v) is 6.27. The van der Waals surface area contributed by atoms with Crippen molar-refractivity contribution in [2.75, 3.05) is 7.05 Å². The number of hydrogen-bond donors (Lipinski definition) is 1. The van der Waals surface area contributed by atoms with Crippen molar-refractivity contribution in [3.63, 3.8) is 0 Å². The molecule has 0 fully saturated rings. The molecule has 104 valence electrons. The van der Waals surface area contributed by atoms with Gasteiger partial charge in [-0.15, -0.1) is 0 Å². The van der Waals surface area contributed by atoms with Gasteiger partial charge in [0.15, 0.2) is 0 Å². The first kappa shape index (κ1) is 14.1. The van der Waals surface area contributed by atoms with Gasteiger partial charge in [0.1, 0.15) is 11.6 Å². The zero-order chi connectivity index (χ0) is 14.7. The van der Waals surface area contributed by atoms with Crippen molar-refractivity contribution >= 4 is 5.91 Å². The molecule has 0 saturated carbocycles. The van der Waals surface area contributed by atoms with Crippen molar-refractivity contribution in [2.24, 2.45) is 0 Å². The quantitative estimate of drug-likeness (QED) is 0.933. The summed E-state index contributed by atoms with van der Waals surface area (Å²) in [5, 5.41) is 9.46. The van der Waals surface area contributed by atoms with Gasteiger partial charge < -0.3 is 10.0 Å². The first-order valence-electron chi connectivity index (χ1n) is 6.27. The second-order valence-electron chi connectivity index (χ2n) is 4.79. The van der Waals surface area contributed by atoms with Crippen LogP contribution in [0.2, 0.25) is 0 Å².